The number of hydrogen-bond acceptors (Lipinski definition) is 4. The Bertz CT molecular complexity index is 593. The summed E-state index contributed by atoms with van der Waals surface area (Å²) in [6, 6.07) is 4.42. The number of carbonyl (C=O) groups excluding carboxylic acids is 1. The van der Waals surface area contributed by atoms with Crippen molar-refractivity contribution in [3.8, 4) is 0 Å². The number of aryl methyl sites for hydroxylation is 1. The number of rotatable bonds is 7. The van der Waals surface area contributed by atoms with Crippen molar-refractivity contribution in [2.45, 2.75) is 39.4 Å². The molecule has 1 N–H and O–H groups in total. The summed E-state index contributed by atoms with van der Waals surface area (Å²) in [7, 11) is 1.84. The highest BCUT2D eigenvalue weighted by Gasteiger charge is 2.17. The number of aromatic nitrogens is 2. The predicted molar refractivity (Wildman–Crippen MR) is 89.9 cm³/mol. The first-order chi connectivity index (χ1) is 10.5. The van der Waals surface area contributed by atoms with Gasteiger partial charge in [-0.05, 0) is 37.8 Å². The molecule has 2 aromatic rings. The molecule has 2 aromatic heterocycles. The molecule has 2 rings (SSSR count). The summed E-state index contributed by atoms with van der Waals surface area (Å²) in [5, 5.41) is 9.66. The van der Waals surface area contributed by atoms with Crippen molar-refractivity contribution in [2.24, 2.45) is 0 Å². The summed E-state index contributed by atoms with van der Waals surface area (Å²) in [5.41, 5.74) is 1.14. The molecule has 0 aliphatic rings. The molecule has 0 unspecified atom stereocenters. The summed E-state index contributed by atoms with van der Waals surface area (Å²) in [6.45, 7) is 7.21. The summed E-state index contributed by atoms with van der Waals surface area (Å²) in [4.78, 5) is 15.1. The standard InChI is InChI=1S/C16H24N4OS/c1-12-8-18-20(10-12)14(3)13(2)17-9-16(21)19(4)11-15-6-5-7-22-15/h5-8,10,13-14,17H,9,11H2,1-4H3/t13-,14+/m0/s1. The number of carbonyl (C=O) groups is 1. The van der Waals surface area contributed by atoms with Crippen LogP contribution in [0, 0.1) is 6.92 Å². The van der Waals surface area contributed by atoms with Crippen molar-refractivity contribution < 1.29 is 4.79 Å². The van der Waals surface area contributed by atoms with E-state index < -0.39 is 0 Å². The van der Waals surface area contributed by atoms with Crippen LogP contribution in [0.5, 0.6) is 0 Å². The van der Waals surface area contributed by atoms with E-state index in [1.54, 1.807) is 16.2 Å². The van der Waals surface area contributed by atoms with Crippen molar-refractivity contribution in [3.63, 3.8) is 0 Å². The fourth-order valence-electron chi connectivity index (χ4n) is 2.16. The van der Waals surface area contributed by atoms with Crippen LogP contribution in [0.15, 0.2) is 29.9 Å². The zero-order chi connectivity index (χ0) is 16.1. The first-order valence-corrected chi connectivity index (χ1v) is 8.36. The molecule has 0 fully saturated rings. The molecule has 6 heteroatoms. The van der Waals surface area contributed by atoms with E-state index in [2.05, 4.69) is 24.3 Å². The maximum absolute atomic E-state index is 12.2. The highest BCUT2D eigenvalue weighted by atomic mass is 32.1. The van der Waals surface area contributed by atoms with Gasteiger partial charge in [0.15, 0.2) is 0 Å². The zero-order valence-electron chi connectivity index (χ0n) is 13.6. The van der Waals surface area contributed by atoms with Gasteiger partial charge in [-0.2, -0.15) is 5.10 Å². The SMILES string of the molecule is Cc1cnn([C@H](C)[C@H](C)NCC(=O)N(C)Cc2cccs2)c1. The average Bonchev–Trinajstić information content (AvgIpc) is 3.15. The van der Waals surface area contributed by atoms with E-state index in [9.17, 15) is 4.79 Å². The minimum absolute atomic E-state index is 0.101. The summed E-state index contributed by atoms with van der Waals surface area (Å²) in [6.07, 6.45) is 3.87. The van der Waals surface area contributed by atoms with Gasteiger partial charge in [0.25, 0.3) is 0 Å². The molecule has 2 atom stereocenters. The van der Waals surface area contributed by atoms with Gasteiger partial charge in [-0.25, -0.2) is 0 Å². The third kappa shape index (κ3) is 4.42. The van der Waals surface area contributed by atoms with Crippen LogP contribution in [-0.2, 0) is 11.3 Å². The van der Waals surface area contributed by atoms with E-state index in [4.69, 9.17) is 0 Å². The molecule has 0 spiro atoms. The molecule has 5 nitrogen and oxygen atoms in total. The number of nitrogens with one attached hydrogen (secondary N) is 1. The maximum Gasteiger partial charge on any atom is 0.236 e. The molecular weight excluding hydrogens is 296 g/mol. The highest BCUT2D eigenvalue weighted by Crippen LogP contribution is 2.12. The zero-order valence-corrected chi connectivity index (χ0v) is 14.4. The van der Waals surface area contributed by atoms with Gasteiger partial charge in [-0.3, -0.25) is 9.48 Å². The Morgan fingerprint density at radius 3 is 2.86 bits per heavy atom. The van der Waals surface area contributed by atoms with Crippen molar-refractivity contribution in [1.82, 2.24) is 20.0 Å². The molecule has 0 aliphatic carbocycles. The van der Waals surface area contributed by atoms with Crippen LogP contribution >= 0.6 is 11.3 Å². The summed E-state index contributed by atoms with van der Waals surface area (Å²) < 4.78 is 1.94. The second-order valence-corrected chi connectivity index (χ2v) is 6.77. The normalized spacial score (nSPS) is 13.8. The van der Waals surface area contributed by atoms with Crippen LogP contribution in [0.2, 0.25) is 0 Å². The van der Waals surface area contributed by atoms with Gasteiger partial charge in [0.05, 0.1) is 25.3 Å². The van der Waals surface area contributed by atoms with Gasteiger partial charge in [0, 0.05) is 24.2 Å². The minimum Gasteiger partial charge on any atom is -0.340 e. The molecule has 120 valence electrons. The van der Waals surface area contributed by atoms with Crippen LogP contribution in [0.25, 0.3) is 0 Å². The number of nitrogens with zero attached hydrogens (tertiary/aromatic N) is 3. The van der Waals surface area contributed by atoms with Crippen LogP contribution in [0.1, 0.15) is 30.3 Å². The van der Waals surface area contributed by atoms with Gasteiger partial charge in [-0.15, -0.1) is 11.3 Å². The lowest BCUT2D eigenvalue weighted by Gasteiger charge is -2.23. The van der Waals surface area contributed by atoms with E-state index in [0.29, 0.717) is 13.1 Å². The number of thiophene rings is 1. The monoisotopic (exact) mass is 320 g/mol. The van der Waals surface area contributed by atoms with Gasteiger partial charge >= 0.3 is 0 Å². The first kappa shape index (κ1) is 16.7. The van der Waals surface area contributed by atoms with Crippen LogP contribution in [0.3, 0.4) is 0 Å². The van der Waals surface area contributed by atoms with E-state index in [1.807, 2.05) is 48.6 Å². The second-order valence-electron chi connectivity index (χ2n) is 5.74. The minimum atomic E-state index is 0.101. The highest BCUT2D eigenvalue weighted by molar-refractivity contribution is 7.09. The molecule has 0 saturated heterocycles. The van der Waals surface area contributed by atoms with Crippen molar-refractivity contribution in [2.75, 3.05) is 13.6 Å². The Hall–Kier alpha value is -1.66. The average molecular weight is 320 g/mol. The lowest BCUT2D eigenvalue weighted by Crippen LogP contribution is -2.41. The molecule has 0 aliphatic heterocycles. The molecule has 1 amide bonds. The van der Waals surface area contributed by atoms with E-state index in [-0.39, 0.29) is 18.0 Å². The third-order valence-electron chi connectivity index (χ3n) is 3.85. The first-order valence-electron chi connectivity index (χ1n) is 7.48. The lowest BCUT2D eigenvalue weighted by atomic mass is 10.1. The molecule has 2 heterocycles. The topological polar surface area (TPSA) is 50.2 Å². The van der Waals surface area contributed by atoms with Crippen LogP contribution in [-0.4, -0.2) is 40.2 Å². The van der Waals surface area contributed by atoms with E-state index in [1.165, 1.54) is 4.88 Å². The molecule has 0 aromatic carbocycles. The van der Waals surface area contributed by atoms with E-state index >= 15 is 0 Å². The lowest BCUT2D eigenvalue weighted by molar-refractivity contribution is -0.129. The molecule has 22 heavy (non-hydrogen) atoms. The fraction of sp³-hybridized carbons (Fsp3) is 0.500. The Morgan fingerprint density at radius 2 is 2.27 bits per heavy atom. The Kier molecular flexibility index (Phi) is 5.74. The number of amides is 1. The Balaban J connectivity index is 1.79. The fourth-order valence-corrected chi connectivity index (χ4v) is 2.92. The summed E-state index contributed by atoms with van der Waals surface area (Å²) >= 11 is 1.67. The molecular formula is C16H24N4OS. The number of hydrogen-bond donors (Lipinski definition) is 1. The maximum atomic E-state index is 12.2. The van der Waals surface area contributed by atoms with Crippen LogP contribution in [0.4, 0.5) is 0 Å². The second kappa shape index (κ2) is 7.56. The molecule has 0 saturated carbocycles. The third-order valence-corrected chi connectivity index (χ3v) is 4.71. The van der Waals surface area contributed by atoms with Crippen molar-refractivity contribution >= 4 is 17.2 Å². The molecule has 0 radical (unpaired) electrons. The van der Waals surface area contributed by atoms with Gasteiger partial charge in [-0.1, -0.05) is 6.07 Å². The van der Waals surface area contributed by atoms with Gasteiger partial charge in [0.1, 0.15) is 0 Å². The predicted octanol–water partition coefficient (Wildman–Crippen LogP) is 2.45. The quantitative estimate of drug-likeness (QED) is 0.852. The largest absolute Gasteiger partial charge is 0.340 e. The van der Waals surface area contributed by atoms with Gasteiger partial charge in [0.2, 0.25) is 5.91 Å². The van der Waals surface area contributed by atoms with Gasteiger partial charge < -0.3 is 10.2 Å². The Morgan fingerprint density at radius 1 is 1.50 bits per heavy atom. The van der Waals surface area contributed by atoms with Crippen LogP contribution < -0.4 is 5.32 Å². The van der Waals surface area contributed by atoms with Crippen molar-refractivity contribution in [1.29, 1.82) is 0 Å². The Labute approximate surface area is 135 Å². The summed E-state index contributed by atoms with van der Waals surface area (Å²) in [5.74, 6) is 0.101. The number of likely N-dealkylation sites (N-methyl/N-ethyl adjacent to an activating group) is 1. The van der Waals surface area contributed by atoms with Crippen molar-refractivity contribution in [3.05, 3.63) is 40.3 Å². The molecule has 0 bridgehead atoms. The smallest absolute Gasteiger partial charge is 0.236 e. The van der Waals surface area contributed by atoms with E-state index in [0.717, 1.165) is 5.56 Å².